The molecule has 6 heteroatoms. The molecular weight excluding hydrogens is 272 g/mol. The highest BCUT2D eigenvalue weighted by molar-refractivity contribution is 9.10. The Morgan fingerprint density at radius 3 is 2.67 bits per heavy atom. The third-order valence-electron chi connectivity index (χ3n) is 1.69. The second kappa shape index (κ2) is 4.51. The highest BCUT2D eigenvalue weighted by Gasteiger charge is 2.31. The third kappa shape index (κ3) is 2.61. The van der Waals surface area contributed by atoms with Crippen LogP contribution in [0, 0.1) is 0 Å². The zero-order chi connectivity index (χ0) is 11.5. The van der Waals surface area contributed by atoms with Gasteiger partial charge < -0.3 is 4.74 Å². The molecule has 0 bridgehead atoms. The maximum absolute atomic E-state index is 13.1. The minimum Gasteiger partial charge on any atom is -0.496 e. The Morgan fingerprint density at radius 2 is 2.20 bits per heavy atom. The predicted molar refractivity (Wildman–Crippen MR) is 52.7 cm³/mol. The Morgan fingerprint density at radius 1 is 1.53 bits per heavy atom. The number of carbonyl (C=O) groups excluding carboxylic acids is 1. The summed E-state index contributed by atoms with van der Waals surface area (Å²) in [6.45, 7) is 0. The van der Waals surface area contributed by atoms with Gasteiger partial charge in [0.15, 0.2) is 0 Å². The van der Waals surface area contributed by atoms with Crippen LogP contribution in [-0.2, 0) is 10.8 Å². The molecule has 0 saturated carbocycles. The van der Waals surface area contributed by atoms with Gasteiger partial charge in [-0.15, -0.1) is 4.99 Å². The zero-order valence-corrected chi connectivity index (χ0v) is 9.22. The molecule has 0 aliphatic carbocycles. The van der Waals surface area contributed by atoms with Gasteiger partial charge in [-0.1, -0.05) is 0 Å². The van der Waals surface area contributed by atoms with Crippen molar-refractivity contribution in [2.24, 2.45) is 4.99 Å². The minimum atomic E-state index is -3.56. The number of hydrogen-bond acceptors (Lipinski definition) is 3. The molecule has 0 heterocycles. The van der Waals surface area contributed by atoms with E-state index in [9.17, 15) is 13.6 Å². The molecule has 3 nitrogen and oxygen atoms in total. The lowest BCUT2D eigenvalue weighted by atomic mass is 10.2. The van der Waals surface area contributed by atoms with E-state index in [1.807, 2.05) is 0 Å². The summed E-state index contributed by atoms with van der Waals surface area (Å²) in [5, 5.41) is 0. The highest BCUT2D eigenvalue weighted by Crippen LogP contribution is 2.34. The maximum Gasteiger partial charge on any atom is 0.379 e. The molecule has 0 amide bonds. The summed E-state index contributed by atoms with van der Waals surface area (Å²) in [5.41, 5.74) is -0.404. The molecule has 0 radical (unpaired) electrons. The predicted octanol–water partition coefficient (Wildman–Crippen LogP) is 2.84. The van der Waals surface area contributed by atoms with E-state index >= 15 is 0 Å². The van der Waals surface area contributed by atoms with Crippen molar-refractivity contribution in [3.8, 4) is 5.75 Å². The number of benzene rings is 1. The number of isocyanates is 1. The topological polar surface area (TPSA) is 38.7 Å². The number of hydrogen-bond donors (Lipinski definition) is 0. The van der Waals surface area contributed by atoms with Crippen molar-refractivity contribution in [1.29, 1.82) is 0 Å². The SMILES string of the molecule is COc1ccc(C(F)(F)N=C=O)cc1Br. The van der Waals surface area contributed by atoms with Gasteiger partial charge in [0, 0.05) is 5.56 Å². The summed E-state index contributed by atoms with van der Waals surface area (Å²) in [5.74, 6) is 0.421. The van der Waals surface area contributed by atoms with Crippen molar-refractivity contribution in [2.75, 3.05) is 7.11 Å². The lowest BCUT2D eigenvalue weighted by Gasteiger charge is -2.11. The van der Waals surface area contributed by atoms with Crippen LogP contribution in [0.1, 0.15) is 5.56 Å². The van der Waals surface area contributed by atoms with Crippen LogP contribution in [-0.4, -0.2) is 13.2 Å². The van der Waals surface area contributed by atoms with Crippen molar-refractivity contribution in [2.45, 2.75) is 6.05 Å². The summed E-state index contributed by atoms with van der Waals surface area (Å²) in [6, 6.07) is 0.0638. The molecule has 0 fully saturated rings. The molecule has 0 aromatic heterocycles. The van der Waals surface area contributed by atoms with Gasteiger partial charge >= 0.3 is 6.05 Å². The Balaban J connectivity index is 3.17. The van der Waals surface area contributed by atoms with Gasteiger partial charge in [-0.25, -0.2) is 4.79 Å². The van der Waals surface area contributed by atoms with Gasteiger partial charge in [0.2, 0.25) is 6.08 Å². The van der Waals surface area contributed by atoms with Crippen LogP contribution >= 0.6 is 15.9 Å². The summed E-state index contributed by atoms with van der Waals surface area (Å²) in [6.07, 6.45) is 0.833. The average molecular weight is 278 g/mol. The number of methoxy groups -OCH3 is 1. The van der Waals surface area contributed by atoms with Crippen molar-refractivity contribution in [3.63, 3.8) is 0 Å². The smallest absolute Gasteiger partial charge is 0.379 e. The number of halogens is 3. The van der Waals surface area contributed by atoms with Crippen molar-refractivity contribution in [1.82, 2.24) is 0 Å². The van der Waals surface area contributed by atoms with E-state index in [0.29, 0.717) is 10.2 Å². The minimum absolute atomic E-state index is 0.364. The summed E-state index contributed by atoms with van der Waals surface area (Å²) >= 11 is 3.05. The number of aliphatic imine (C=N–C) groups is 1. The van der Waals surface area contributed by atoms with Crippen molar-refractivity contribution in [3.05, 3.63) is 28.2 Å². The van der Waals surface area contributed by atoms with Crippen LogP contribution in [0.4, 0.5) is 8.78 Å². The first-order valence-electron chi connectivity index (χ1n) is 3.82. The lowest BCUT2D eigenvalue weighted by Crippen LogP contribution is -2.09. The Hall–Kier alpha value is -1.26. The maximum atomic E-state index is 13.1. The molecule has 80 valence electrons. The molecule has 0 saturated heterocycles. The molecule has 0 spiro atoms. The molecule has 0 aliphatic rings. The fraction of sp³-hybridized carbons (Fsp3) is 0.222. The van der Waals surface area contributed by atoms with E-state index in [4.69, 9.17) is 4.74 Å². The van der Waals surface area contributed by atoms with Gasteiger partial charge in [-0.2, -0.15) is 8.78 Å². The van der Waals surface area contributed by atoms with Gasteiger partial charge in [0.05, 0.1) is 11.6 Å². The van der Waals surface area contributed by atoms with Crippen molar-refractivity contribution >= 4 is 22.0 Å². The molecule has 15 heavy (non-hydrogen) atoms. The molecule has 0 unspecified atom stereocenters. The van der Waals surface area contributed by atoms with Crippen molar-refractivity contribution < 1.29 is 18.3 Å². The molecule has 1 rings (SSSR count). The quantitative estimate of drug-likeness (QED) is 0.484. The van der Waals surface area contributed by atoms with Crippen LogP contribution in [0.3, 0.4) is 0 Å². The Labute approximate surface area is 92.9 Å². The first-order chi connectivity index (χ1) is 7.01. The molecule has 0 aliphatic heterocycles. The van der Waals surface area contributed by atoms with Gasteiger partial charge in [0.25, 0.3) is 0 Å². The molecule has 1 aromatic carbocycles. The van der Waals surface area contributed by atoms with Crippen LogP contribution < -0.4 is 4.74 Å². The monoisotopic (exact) mass is 277 g/mol. The van der Waals surface area contributed by atoms with E-state index in [0.717, 1.165) is 18.2 Å². The fourth-order valence-electron chi connectivity index (χ4n) is 0.975. The van der Waals surface area contributed by atoms with Crippen LogP contribution in [0.25, 0.3) is 0 Å². The standard InChI is InChI=1S/C9H6BrF2NO2/c1-15-8-3-2-6(4-7(8)10)9(11,12)13-5-14/h2-4H,1H3. The molecular formula is C9H6BrF2NO2. The summed E-state index contributed by atoms with van der Waals surface area (Å²) in [4.78, 5) is 12.2. The van der Waals surface area contributed by atoms with E-state index in [-0.39, 0.29) is 0 Å². The first-order valence-corrected chi connectivity index (χ1v) is 4.61. The summed E-state index contributed by atoms with van der Waals surface area (Å²) < 4.78 is 31.4. The summed E-state index contributed by atoms with van der Waals surface area (Å²) in [7, 11) is 1.42. The first kappa shape index (κ1) is 11.8. The molecule has 0 atom stereocenters. The zero-order valence-electron chi connectivity index (χ0n) is 7.63. The van der Waals surface area contributed by atoms with Crippen LogP contribution in [0.5, 0.6) is 5.75 Å². The fourth-order valence-corrected chi connectivity index (χ4v) is 1.52. The lowest BCUT2D eigenvalue weighted by molar-refractivity contribution is 0.00607. The van der Waals surface area contributed by atoms with E-state index in [2.05, 4.69) is 20.9 Å². The normalized spacial score (nSPS) is 10.7. The number of rotatable bonds is 3. The molecule has 1 aromatic rings. The van der Waals surface area contributed by atoms with Gasteiger partial charge in [0.1, 0.15) is 5.75 Å². The van der Waals surface area contributed by atoms with Gasteiger partial charge in [-0.05, 0) is 34.1 Å². The average Bonchev–Trinajstić information content (AvgIpc) is 2.17. The Bertz CT molecular complexity index is 417. The van der Waals surface area contributed by atoms with Crippen LogP contribution in [0.15, 0.2) is 27.7 Å². The Kier molecular flexibility index (Phi) is 3.55. The largest absolute Gasteiger partial charge is 0.496 e. The number of nitrogens with zero attached hydrogens (tertiary/aromatic N) is 1. The number of alkyl halides is 2. The molecule has 0 N–H and O–H groups in total. The van der Waals surface area contributed by atoms with Crippen LogP contribution in [0.2, 0.25) is 0 Å². The third-order valence-corrected chi connectivity index (χ3v) is 2.30. The van der Waals surface area contributed by atoms with E-state index in [1.165, 1.54) is 13.2 Å². The second-order valence-corrected chi connectivity index (χ2v) is 3.45. The highest BCUT2D eigenvalue weighted by atomic mass is 79.9. The van der Waals surface area contributed by atoms with Gasteiger partial charge in [-0.3, -0.25) is 0 Å². The van der Waals surface area contributed by atoms with E-state index < -0.39 is 11.6 Å². The number of ether oxygens (including phenoxy) is 1. The second-order valence-electron chi connectivity index (χ2n) is 2.59. The van der Waals surface area contributed by atoms with E-state index in [1.54, 1.807) is 0 Å².